The number of amides is 2. The number of fused-ring (bicyclic) bond motifs is 1. The lowest BCUT2D eigenvalue weighted by Crippen LogP contribution is -2.39. The molecule has 1 unspecified atom stereocenters. The summed E-state index contributed by atoms with van der Waals surface area (Å²) in [4.78, 5) is 45.5. The number of rotatable bonds is 5. The van der Waals surface area contributed by atoms with Crippen LogP contribution in [0.2, 0.25) is 0 Å². The predicted octanol–water partition coefficient (Wildman–Crippen LogP) is 3.49. The number of carbonyl (C=O) groups excluding carboxylic acids is 3. The Bertz CT molecular complexity index is 1310. The molecular formula is C28H30FN3O4. The minimum absolute atomic E-state index is 0.0856. The maximum absolute atomic E-state index is 13.5. The van der Waals surface area contributed by atoms with Crippen molar-refractivity contribution in [3.63, 3.8) is 0 Å². The van der Waals surface area contributed by atoms with Crippen molar-refractivity contribution in [2.45, 2.75) is 38.7 Å². The molecule has 3 heterocycles. The number of nitrogens with zero attached hydrogens (tertiary/aromatic N) is 2. The molecule has 0 aliphatic carbocycles. The van der Waals surface area contributed by atoms with Gasteiger partial charge >= 0.3 is 0 Å². The van der Waals surface area contributed by atoms with Crippen molar-refractivity contribution < 1.29 is 23.9 Å². The van der Waals surface area contributed by atoms with Gasteiger partial charge in [-0.15, -0.1) is 0 Å². The zero-order chi connectivity index (χ0) is 25.4. The summed E-state index contributed by atoms with van der Waals surface area (Å²) in [6, 6.07) is 11.5. The van der Waals surface area contributed by atoms with E-state index >= 15 is 0 Å². The Balaban J connectivity index is 1.30. The molecule has 2 amide bonds. The Morgan fingerprint density at radius 3 is 2.36 bits per heavy atom. The molecule has 2 N–H and O–H groups in total. The average molecular weight is 492 g/mol. The highest BCUT2D eigenvalue weighted by Gasteiger charge is 2.31. The number of halogens is 1. The maximum Gasteiger partial charge on any atom is 0.295 e. The SMILES string of the molecule is Cc1[nH]c2ccc(C(=O)C(=O)N3CCC(O)C3)cc2c1C(=O)N1CCC(Cc2ccc(F)cc2)CC1. The van der Waals surface area contributed by atoms with Crippen molar-refractivity contribution in [2.75, 3.05) is 26.2 Å². The van der Waals surface area contributed by atoms with Crippen molar-refractivity contribution in [1.82, 2.24) is 14.8 Å². The summed E-state index contributed by atoms with van der Waals surface area (Å²) < 4.78 is 13.2. The number of aryl methyl sites for hydroxylation is 1. The molecule has 0 spiro atoms. The van der Waals surface area contributed by atoms with Crippen LogP contribution in [0.5, 0.6) is 0 Å². The molecule has 2 fully saturated rings. The lowest BCUT2D eigenvalue weighted by atomic mass is 9.90. The van der Waals surface area contributed by atoms with Gasteiger partial charge < -0.3 is 19.9 Å². The largest absolute Gasteiger partial charge is 0.391 e. The number of aliphatic hydroxyl groups is 1. The van der Waals surface area contributed by atoms with Gasteiger partial charge in [-0.25, -0.2) is 4.39 Å². The number of H-pyrrole nitrogens is 1. The van der Waals surface area contributed by atoms with Gasteiger partial charge in [0.1, 0.15) is 5.82 Å². The maximum atomic E-state index is 13.5. The van der Waals surface area contributed by atoms with Crippen LogP contribution in [0, 0.1) is 18.7 Å². The standard InChI is InChI=1S/C28H30FN3O4/c1-17-25(27(35)31-11-8-19(9-12-31)14-18-2-5-21(29)6-3-18)23-15-20(4-7-24(23)30-17)26(34)28(36)32-13-10-22(33)16-32/h2-7,15,19,22,30,33H,8-14,16H2,1H3. The van der Waals surface area contributed by atoms with Crippen molar-refractivity contribution in [3.05, 3.63) is 70.7 Å². The van der Waals surface area contributed by atoms with Crippen LogP contribution >= 0.6 is 0 Å². The van der Waals surface area contributed by atoms with Crippen LogP contribution < -0.4 is 0 Å². The Labute approximate surface area is 208 Å². The van der Waals surface area contributed by atoms with Crippen LogP contribution in [0.15, 0.2) is 42.5 Å². The van der Waals surface area contributed by atoms with Crippen molar-refractivity contribution >= 4 is 28.5 Å². The fraction of sp³-hybridized carbons (Fsp3) is 0.393. The third-order valence-corrected chi connectivity index (χ3v) is 7.45. The molecule has 1 atom stereocenters. The second-order valence-electron chi connectivity index (χ2n) is 9.97. The number of aromatic nitrogens is 1. The average Bonchev–Trinajstić information content (AvgIpc) is 3.46. The van der Waals surface area contributed by atoms with Gasteiger partial charge in [-0.3, -0.25) is 14.4 Å². The van der Waals surface area contributed by atoms with Gasteiger partial charge in [-0.1, -0.05) is 12.1 Å². The van der Waals surface area contributed by atoms with Gasteiger partial charge in [-0.05, 0) is 74.4 Å². The van der Waals surface area contributed by atoms with Crippen molar-refractivity contribution in [1.29, 1.82) is 0 Å². The van der Waals surface area contributed by atoms with E-state index in [4.69, 9.17) is 0 Å². The van der Waals surface area contributed by atoms with Gasteiger partial charge in [0.25, 0.3) is 11.8 Å². The van der Waals surface area contributed by atoms with Gasteiger partial charge in [0.05, 0.1) is 11.7 Å². The van der Waals surface area contributed by atoms with Crippen LogP contribution in [-0.2, 0) is 11.2 Å². The number of hydrogen-bond donors (Lipinski definition) is 2. The Morgan fingerprint density at radius 1 is 1.00 bits per heavy atom. The second kappa shape index (κ2) is 9.85. The molecule has 0 saturated carbocycles. The molecule has 2 saturated heterocycles. The fourth-order valence-electron chi connectivity index (χ4n) is 5.39. The summed E-state index contributed by atoms with van der Waals surface area (Å²) in [5.41, 5.74) is 3.33. The number of benzene rings is 2. The van der Waals surface area contributed by atoms with E-state index in [9.17, 15) is 23.9 Å². The number of β-amino-alcohol motifs (C(OH)–C–C–N with tert-alkyl or cyclic N) is 1. The van der Waals surface area contributed by atoms with Crippen LogP contribution in [0.4, 0.5) is 4.39 Å². The number of hydrogen-bond acceptors (Lipinski definition) is 4. The summed E-state index contributed by atoms with van der Waals surface area (Å²) in [6.45, 7) is 3.62. The molecule has 5 rings (SSSR count). The Hall–Kier alpha value is -3.52. The third kappa shape index (κ3) is 4.78. The topological polar surface area (TPSA) is 93.7 Å². The van der Waals surface area contributed by atoms with Crippen LogP contribution in [-0.4, -0.2) is 69.8 Å². The molecule has 8 heteroatoms. The van der Waals surface area contributed by atoms with Crippen LogP contribution in [0.1, 0.15) is 51.2 Å². The molecular weight excluding hydrogens is 461 g/mol. The summed E-state index contributed by atoms with van der Waals surface area (Å²) in [6.07, 6.45) is 2.46. The lowest BCUT2D eigenvalue weighted by Gasteiger charge is -2.32. The molecule has 0 radical (unpaired) electrons. The number of aromatic amines is 1. The molecule has 1 aromatic heterocycles. The number of carbonyl (C=O) groups is 3. The molecule has 2 aliphatic heterocycles. The molecule has 2 aromatic carbocycles. The quantitative estimate of drug-likeness (QED) is 0.422. The van der Waals surface area contributed by atoms with E-state index in [1.165, 1.54) is 17.0 Å². The van der Waals surface area contributed by atoms with Crippen LogP contribution in [0.3, 0.4) is 0 Å². The summed E-state index contributed by atoms with van der Waals surface area (Å²) in [5.74, 6) is -1.16. The van der Waals surface area contributed by atoms with Gasteiger partial charge in [0, 0.05) is 48.3 Å². The number of ketones is 1. The highest BCUT2D eigenvalue weighted by Crippen LogP contribution is 2.28. The van der Waals surface area contributed by atoms with Gasteiger partial charge in [0.2, 0.25) is 5.78 Å². The first kappa shape index (κ1) is 24.2. The number of nitrogens with one attached hydrogen (secondary N) is 1. The summed E-state index contributed by atoms with van der Waals surface area (Å²) >= 11 is 0. The highest BCUT2D eigenvalue weighted by molar-refractivity contribution is 6.43. The fourth-order valence-corrected chi connectivity index (χ4v) is 5.39. The smallest absolute Gasteiger partial charge is 0.295 e. The minimum Gasteiger partial charge on any atom is -0.391 e. The summed E-state index contributed by atoms with van der Waals surface area (Å²) in [5, 5.41) is 10.3. The third-order valence-electron chi connectivity index (χ3n) is 7.45. The van der Waals surface area contributed by atoms with Gasteiger partial charge in [-0.2, -0.15) is 0 Å². The van der Waals surface area contributed by atoms with E-state index in [1.807, 2.05) is 24.0 Å². The van der Waals surface area contributed by atoms with E-state index in [-0.39, 0.29) is 23.8 Å². The highest BCUT2D eigenvalue weighted by atomic mass is 19.1. The Kier molecular flexibility index (Phi) is 6.62. The molecule has 36 heavy (non-hydrogen) atoms. The van der Waals surface area contributed by atoms with E-state index < -0.39 is 17.8 Å². The predicted molar refractivity (Wildman–Crippen MR) is 133 cm³/mol. The first-order valence-electron chi connectivity index (χ1n) is 12.5. The number of piperidine rings is 1. The number of Topliss-reactive ketones (excluding diaryl/α,β-unsaturated/α-hetero) is 1. The van der Waals surface area contributed by atoms with Gasteiger partial charge in [0.15, 0.2) is 0 Å². The zero-order valence-electron chi connectivity index (χ0n) is 20.3. The van der Waals surface area contributed by atoms with Crippen LogP contribution in [0.25, 0.3) is 10.9 Å². The monoisotopic (exact) mass is 491 g/mol. The number of likely N-dealkylation sites (tertiary alicyclic amines) is 2. The minimum atomic E-state index is -0.634. The molecule has 188 valence electrons. The van der Waals surface area contributed by atoms with E-state index in [0.717, 1.165) is 36.0 Å². The zero-order valence-corrected chi connectivity index (χ0v) is 20.3. The molecule has 7 nitrogen and oxygen atoms in total. The Morgan fingerprint density at radius 2 is 1.69 bits per heavy atom. The van der Waals surface area contributed by atoms with E-state index in [0.29, 0.717) is 42.9 Å². The van der Waals surface area contributed by atoms with E-state index in [1.54, 1.807) is 18.2 Å². The molecule has 3 aromatic rings. The molecule has 0 bridgehead atoms. The summed E-state index contributed by atoms with van der Waals surface area (Å²) in [7, 11) is 0. The lowest BCUT2D eigenvalue weighted by molar-refractivity contribution is -0.125. The normalized spacial score (nSPS) is 18.7. The molecule has 2 aliphatic rings. The first-order chi connectivity index (χ1) is 17.3. The number of aliphatic hydroxyl groups excluding tert-OH is 1. The van der Waals surface area contributed by atoms with Crippen molar-refractivity contribution in [2.24, 2.45) is 5.92 Å². The first-order valence-corrected chi connectivity index (χ1v) is 12.5. The second-order valence-corrected chi connectivity index (χ2v) is 9.97. The van der Waals surface area contributed by atoms with Crippen molar-refractivity contribution in [3.8, 4) is 0 Å². The van der Waals surface area contributed by atoms with E-state index in [2.05, 4.69) is 4.98 Å².